The number of aryl methyl sites for hydroxylation is 1. The van der Waals surface area contributed by atoms with E-state index < -0.39 is 5.97 Å². The summed E-state index contributed by atoms with van der Waals surface area (Å²) in [5.74, 6) is -0.655. The van der Waals surface area contributed by atoms with Crippen molar-refractivity contribution in [2.24, 2.45) is 0 Å². The van der Waals surface area contributed by atoms with Crippen molar-refractivity contribution in [1.29, 1.82) is 0 Å². The zero-order chi connectivity index (χ0) is 18.4. The lowest BCUT2D eigenvalue weighted by Crippen LogP contribution is -2.38. The number of hydrogen-bond donors (Lipinski definition) is 0. The van der Waals surface area contributed by atoms with Crippen molar-refractivity contribution in [1.82, 2.24) is 9.80 Å². The molecule has 0 atom stereocenters. The molecule has 2 amide bonds. The number of carbonyl (C=O) groups is 3. The van der Waals surface area contributed by atoms with E-state index in [4.69, 9.17) is 4.74 Å². The van der Waals surface area contributed by atoms with Crippen molar-refractivity contribution in [3.63, 3.8) is 0 Å². The second-order valence-electron chi connectivity index (χ2n) is 5.68. The quantitative estimate of drug-likeness (QED) is 0.571. The van der Waals surface area contributed by atoms with Gasteiger partial charge < -0.3 is 9.64 Å². The van der Waals surface area contributed by atoms with E-state index in [2.05, 4.69) is 0 Å². The van der Waals surface area contributed by atoms with E-state index in [9.17, 15) is 14.4 Å². The van der Waals surface area contributed by atoms with Gasteiger partial charge in [0.25, 0.3) is 0 Å². The van der Waals surface area contributed by atoms with Gasteiger partial charge in [0.15, 0.2) is 0 Å². The van der Waals surface area contributed by atoms with Crippen molar-refractivity contribution in [2.75, 3.05) is 26.0 Å². The molecule has 0 saturated carbocycles. The van der Waals surface area contributed by atoms with Gasteiger partial charge in [0.1, 0.15) is 6.54 Å². The van der Waals surface area contributed by atoms with Gasteiger partial charge in [-0.2, -0.15) is 0 Å². The van der Waals surface area contributed by atoms with Gasteiger partial charge >= 0.3 is 5.97 Å². The van der Waals surface area contributed by atoms with Gasteiger partial charge in [-0.05, 0) is 25.0 Å². The summed E-state index contributed by atoms with van der Waals surface area (Å²) in [7, 11) is 1.71. The van der Waals surface area contributed by atoms with Crippen LogP contribution < -0.4 is 0 Å². The standard InChI is InChI=1S/C18H22N2O4S/c1-4-24-18(23)9-17-20(16(22)12-25-17)11-15(21)19(3)10-14-8-6-5-7-13(14)2/h5-9H,4,10-12H2,1-3H3/b17-9+. The molecule has 1 aliphatic heterocycles. The molecule has 1 fully saturated rings. The first-order valence-corrected chi connectivity index (χ1v) is 9.01. The number of benzene rings is 1. The third kappa shape index (κ3) is 5.09. The average Bonchev–Trinajstić information content (AvgIpc) is 2.90. The Morgan fingerprint density at radius 1 is 1.36 bits per heavy atom. The lowest BCUT2D eigenvalue weighted by molar-refractivity contribution is -0.138. The molecule has 2 rings (SSSR count). The van der Waals surface area contributed by atoms with Gasteiger partial charge in [-0.15, -0.1) is 0 Å². The summed E-state index contributed by atoms with van der Waals surface area (Å²) in [5, 5.41) is 0.459. The minimum atomic E-state index is -0.509. The minimum absolute atomic E-state index is 0.0839. The van der Waals surface area contributed by atoms with E-state index in [0.29, 0.717) is 11.6 Å². The molecule has 0 spiro atoms. The molecule has 1 heterocycles. The summed E-state index contributed by atoms with van der Waals surface area (Å²) in [6.45, 7) is 4.36. The van der Waals surface area contributed by atoms with Crippen LogP contribution in [0.25, 0.3) is 0 Å². The molecule has 0 aromatic heterocycles. The Kier molecular flexibility index (Phi) is 6.64. The van der Waals surface area contributed by atoms with Crippen molar-refractivity contribution in [3.8, 4) is 0 Å². The molecule has 0 aliphatic carbocycles. The molecular weight excluding hydrogens is 340 g/mol. The summed E-state index contributed by atoms with van der Waals surface area (Å²) in [5.41, 5.74) is 2.17. The molecule has 0 unspecified atom stereocenters. The van der Waals surface area contributed by atoms with Crippen LogP contribution in [0.2, 0.25) is 0 Å². The van der Waals surface area contributed by atoms with Gasteiger partial charge in [-0.3, -0.25) is 14.5 Å². The van der Waals surface area contributed by atoms with Crippen LogP contribution in [0.3, 0.4) is 0 Å². The zero-order valence-electron chi connectivity index (χ0n) is 14.7. The molecule has 1 aromatic rings. The topological polar surface area (TPSA) is 66.9 Å². The molecular formula is C18H22N2O4S. The van der Waals surface area contributed by atoms with Crippen molar-refractivity contribution < 1.29 is 19.1 Å². The van der Waals surface area contributed by atoms with Gasteiger partial charge in [0.2, 0.25) is 11.8 Å². The smallest absolute Gasteiger partial charge is 0.333 e. The number of thioether (sulfide) groups is 1. The fourth-order valence-electron chi connectivity index (χ4n) is 2.37. The van der Waals surface area contributed by atoms with Gasteiger partial charge in [-0.1, -0.05) is 36.0 Å². The van der Waals surface area contributed by atoms with E-state index in [1.807, 2.05) is 31.2 Å². The van der Waals surface area contributed by atoms with Crippen molar-refractivity contribution >= 4 is 29.5 Å². The number of amides is 2. The summed E-state index contributed by atoms with van der Waals surface area (Å²) in [6, 6.07) is 7.85. The number of carbonyl (C=O) groups excluding carboxylic acids is 3. The van der Waals surface area contributed by atoms with E-state index in [-0.39, 0.29) is 30.7 Å². The number of nitrogens with zero attached hydrogens (tertiary/aromatic N) is 2. The Bertz CT molecular complexity index is 702. The van der Waals surface area contributed by atoms with Gasteiger partial charge in [0, 0.05) is 13.6 Å². The molecule has 134 valence electrons. The number of esters is 1. The monoisotopic (exact) mass is 362 g/mol. The molecule has 0 bridgehead atoms. The normalized spacial score (nSPS) is 15.6. The average molecular weight is 362 g/mol. The molecule has 1 aliphatic rings. The maximum atomic E-state index is 12.5. The zero-order valence-corrected chi connectivity index (χ0v) is 15.5. The van der Waals surface area contributed by atoms with Crippen LogP contribution in [-0.4, -0.2) is 53.5 Å². The second kappa shape index (κ2) is 8.71. The molecule has 0 radical (unpaired) electrons. The maximum absolute atomic E-state index is 12.5. The summed E-state index contributed by atoms with van der Waals surface area (Å²) in [4.78, 5) is 39.1. The Labute approximate surface area is 151 Å². The Hall–Kier alpha value is -2.28. The third-order valence-electron chi connectivity index (χ3n) is 3.83. The van der Waals surface area contributed by atoms with Crippen molar-refractivity contribution in [2.45, 2.75) is 20.4 Å². The SMILES string of the molecule is CCOC(=O)/C=C1/SCC(=O)N1CC(=O)N(C)Cc1ccccc1C. The van der Waals surface area contributed by atoms with E-state index in [1.54, 1.807) is 18.9 Å². The first kappa shape index (κ1) is 19.1. The highest BCUT2D eigenvalue weighted by Crippen LogP contribution is 2.28. The largest absolute Gasteiger partial charge is 0.463 e. The van der Waals surface area contributed by atoms with Crippen LogP contribution in [0.1, 0.15) is 18.1 Å². The molecule has 1 aromatic carbocycles. The summed E-state index contributed by atoms with van der Waals surface area (Å²) >= 11 is 1.24. The van der Waals surface area contributed by atoms with E-state index in [0.717, 1.165) is 11.1 Å². The van der Waals surface area contributed by atoms with Gasteiger partial charge in [-0.25, -0.2) is 4.79 Å². The molecule has 6 nitrogen and oxygen atoms in total. The second-order valence-corrected chi connectivity index (χ2v) is 6.68. The maximum Gasteiger partial charge on any atom is 0.333 e. The van der Waals surface area contributed by atoms with Crippen LogP contribution in [-0.2, 0) is 25.7 Å². The number of likely N-dealkylation sites (N-methyl/N-ethyl adjacent to an activating group) is 1. The highest BCUT2D eigenvalue weighted by Gasteiger charge is 2.30. The first-order chi connectivity index (χ1) is 11.9. The molecule has 25 heavy (non-hydrogen) atoms. The minimum Gasteiger partial charge on any atom is -0.463 e. The van der Waals surface area contributed by atoms with Crippen LogP contribution in [0.4, 0.5) is 0 Å². The summed E-state index contributed by atoms with van der Waals surface area (Å²) < 4.78 is 4.87. The third-order valence-corrected chi connectivity index (χ3v) is 4.85. The van der Waals surface area contributed by atoms with E-state index in [1.165, 1.54) is 22.7 Å². The van der Waals surface area contributed by atoms with Crippen LogP contribution in [0, 0.1) is 6.92 Å². The number of ether oxygens (including phenoxy) is 1. The molecule has 1 saturated heterocycles. The fraction of sp³-hybridized carbons (Fsp3) is 0.389. The lowest BCUT2D eigenvalue weighted by Gasteiger charge is -2.22. The fourth-order valence-corrected chi connectivity index (χ4v) is 3.30. The first-order valence-electron chi connectivity index (χ1n) is 8.02. The lowest BCUT2D eigenvalue weighted by atomic mass is 10.1. The predicted molar refractivity (Wildman–Crippen MR) is 96.5 cm³/mol. The van der Waals surface area contributed by atoms with E-state index >= 15 is 0 Å². The Balaban J connectivity index is 2.03. The van der Waals surface area contributed by atoms with Gasteiger partial charge in [0.05, 0.1) is 23.5 Å². The van der Waals surface area contributed by atoms with Crippen LogP contribution in [0.5, 0.6) is 0 Å². The van der Waals surface area contributed by atoms with Crippen molar-refractivity contribution in [3.05, 3.63) is 46.5 Å². The van der Waals surface area contributed by atoms with Crippen LogP contribution in [0.15, 0.2) is 35.4 Å². The Morgan fingerprint density at radius 3 is 2.76 bits per heavy atom. The number of rotatable bonds is 6. The van der Waals surface area contributed by atoms with Crippen LogP contribution >= 0.6 is 11.8 Å². The molecule has 0 N–H and O–H groups in total. The predicted octanol–water partition coefficient (Wildman–Crippen LogP) is 1.93. The highest BCUT2D eigenvalue weighted by molar-refractivity contribution is 8.04. The Morgan fingerprint density at radius 2 is 2.08 bits per heavy atom. The number of hydrogen-bond acceptors (Lipinski definition) is 5. The molecule has 7 heteroatoms. The highest BCUT2D eigenvalue weighted by atomic mass is 32.2. The summed E-state index contributed by atoms with van der Waals surface area (Å²) in [6.07, 6.45) is 1.27.